The van der Waals surface area contributed by atoms with Gasteiger partial charge in [-0.15, -0.1) is 5.10 Å². The van der Waals surface area contributed by atoms with Crippen molar-refractivity contribution in [2.75, 3.05) is 43.0 Å². The topological polar surface area (TPSA) is 32.3 Å². The predicted octanol–water partition coefficient (Wildman–Crippen LogP) is 1.69. The molecule has 5 heteroatoms. The Kier molecular flexibility index (Phi) is 4.74. The molecule has 0 atom stereocenters. The maximum Gasteiger partial charge on any atom is 0.151 e. The first-order chi connectivity index (χ1) is 8.29. The van der Waals surface area contributed by atoms with Crippen LogP contribution in [0.1, 0.15) is 12.1 Å². The summed E-state index contributed by atoms with van der Waals surface area (Å²) < 4.78 is 0. The van der Waals surface area contributed by atoms with Crippen molar-refractivity contribution in [3.8, 4) is 0 Å². The fourth-order valence-electron chi connectivity index (χ4n) is 2.10. The van der Waals surface area contributed by atoms with E-state index in [1.807, 2.05) is 13.0 Å². The van der Waals surface area contributed by atoms with Crippen molar-refractivity contribution >= 4 is 21.7 Å². The first kappa shape index (κ1) is 12.8. The molecule has 0 bridgehead atoms. The van der Waals surface area contributed by atoms with Crippen LogP contribution in [0.2, 0.25) is 0 Å². The summed E-state index contributed by atoms with van der Waals surface area (Å²) in [5.74, 6) is 1.01. The molecule has 2 heterocycles. The SMILES string of the molecule is Cc1ccc(N2CCCN(CCBr)CC2)nn1. The van der Waals surface area contributed by atoms with Crippen LogP contribution in [0.15, 0.2) is 12.1 Å². The minimum atomic E-state index is 0.976. The average Bonchev–Trinajstić information content (AvgIpc) is 2.56. The van der Waals surface area contributed by atoms with E-state index in [9.17, 15) is 0 Å². The lowest BCUT2D eigenvalue weighted by molar-refractivity contribution is 0.313. The highest BCUT2D eigenvalue weighted by molar-refractivity contribution is 9.09. The Balaban J connectivity index is 1.96. The van der Waals surface area contributed by atoms with Gasteiger partial charge in [0.15, 0.2) is 5.82 Å². The molecular formula is C12H19BrN4. The summed E-state index contributed by atoms with van der Waals surface area (Å²) in [7, 11) is 0. The van der Waals surface area contributed by atoms with Crippen molar-refractivity contribution in [1.29, 1.82) is 0 Å². The summed E-state index contributed by atoms with van der Waals surface area (Å²) in [4.78, 5) is 4.83. The van der Waals surface area contributed by atoms with E-state index in [0.717, 1.165) is 43.0 Å². The number of aryl methyl sites for hydroxylation is 1. The van der Waals surface area contributed by atoms with E-state index in [0.29, 0.717) is 0 Å². The Morgan fingerprint density at radius 2 is 2.06 bits per heavy atom. The van der Waals surface area contributed by atoms with Gasteiger partial charge >= 0.3 is 0 Å². The van der Waals surface area contributed by atoms with Crippen molar-refractivity contribution in [2.24, 2.45) is 0 Å². The number of halogens is 1. The second-order valence-corrected chi connectivity index (χ2v) is 5.20. The summed E-state index contributed by atoms with van der Waals surface area (Å²) in [6, 6.07) is 4.10. The smallest absolute Gasteiger partial charge is 0.151 e. The number of anilines is 1. The Bertz CT molecular complexity index is 341. The fraction of sp³-hybridized carbons (Fsp3) is 0.667. The molecule has 1 aliphatic rings. The van der Waals surface area contributed by atoms with Crippen LogP contribution in [-0.2, 0) is 0 Å². The number of alkyl halides is 1. The molecule has 94 valence electrons. The van der Waals surface area contributed by atoms with Crippen LogP contribution in [0.4, 0.5) is 5.82 Å². The summed E-state index contributed by atoms with van der Waals surface area (Å²) in [6.07, 6.45) is 1.20. The Labute approximate surface area is 111 Å². The van der Waals surface area contributed by atoms with Gasteiger partial charge in [0, 0.05) is 31.5 Å². The first-order valence-corrected chi connectivity index (χ1v) is 7.25. The molecule has 0 aliphatic carbocycles. The third kappa shape index (κ3) is 3.64. The van der Waals surface area contributed by atoms with Gasteiger partial charge in [0.25, 0.3) is 0 Å². The van der Waals surface area contributed by atoms with Gasteiger partial charge in [-0.3, -0.25) is 0 Å². The molecule has 17 heavy (non-hydrogen) atoms. The Morgan fingerprint density at radius 3 is 2.76 bits per heavy atom. The highest BCUT2D eigenvalue weighted by Crippen LogP contribution is 2.12. The normalized spacial score (nSPS) is 18.1. The standard InChI is InChI=1S/C12H19BrN4/c1-11-3-4-12(15-14-11)17-7-2-6-16(8-5-13)9-10-17/h3-4H,2,5-10H2,1H3. The van der Waals surface area contributed by atoms with Gasteiger partial charge in [0.2, 0.25) is 0 Å². The Morgan fingerprint density at radius 1 is 1.18 bits per heavy atom. The highest BCUT2D eigenvalue weighted by atomic mass is 79.9. The lowest BCUT2D eigenvalue weighted by atomic mass is 10.3. The predicted molar refractivity (Wildman–Crippen MR) is 73.8 cm³/mol. The van der Waals surface area contributed by atoms with Crippen molar-refractivity contribution in [3.05, 3.63) is 17.8 Å². The van der Waals surface area contributed by atoms with Gasteiger partial charge in [-0.05, 0) is 32.0 Å². The van der Waals surface area contributed by atoms with E-state index in [1.165, 1.54) is 13.0 Å². The number of aromatic nitrogens is 2. The second kappa shape index (κ2) is 6.31. The summed E-state index contributed by atoms with van der Waals surface area (Å²) >= 11 is 3.50. The van der Waals surface area contributed by atoms with Crippen molar-refractivity contribution in [2.45, 2.75) is 13.3 Å². The number of hydrogen-bond acceptors (Lipinski definition) is 4. The van der Waals surface area contributed by atoms with Crippen LogP contribution in [0, 0.1) is 6.92 Å². The maximum absolute atomic E-state index is 4.26. The van der Waals surface area contributed by atoms with E-state index in [2.05, 4.69) is 42.0 Å². The Hall–Kier alpha value is -0.680. The zero-order valence-electron chi connectivity index (χ0n) is 10.3. The third-order valence-electron chi connectivity index (χ3n) is 3.10. The zero-order valence-corrected chi connectivity index (χ0v) is 11.9. The molecule has 1 fully saturated rings. The molecule has 0 spiro atoms. The second-order valence-electron chi connectivity index (χ2n) is 4.40. The first-order valence-electron chi connectivity index (χ1n) is 6.13. The lowest BCUT2D eigenvalue weighted by Crippen LogP contribution is -2.32. The van der Waals surface area contributed by atoms with Crippen LogP contribution in [0.25, 0.3) is 0 Å². The van der Waals surface area contributed by atoms with Gasteiger partial charge in [0.05, 0.1) is 5.69 Å². The molecule has 1 aromatic heterocycles. The minimum Gasteiger partial charge on any atom is -0.354 e. The number of nitrogens with zero attached hydrogens (tertiary/aromatic N) is 4. The van der Waals surface area contributed by atoms with E-state index in [-0.39, 0.29) is 0 Å². The number of hydrogen-bond donors (Lipinski definition) is 0. The van der Waals surface area contributed by atoms with Crippen LogP contribution in [0.5, 0.6) is 0 Å². The molecule has 0 amide bonds. The number of rotatable bonds is 3. The van der Waals surface area contributed by atoms with Gasteiger partial charge in [-0.1, -0.05) is 15.9 Å². The summed E-state index contributed by atoms with van der Waals surface area (Å²) in [5, 5.41) is 9.44. The van der Waals surface area contributed by atoms with Crippen molar-refractivity contribution in [1.82, 2.24) is 15.1 Å². The largest absolute Gasteiger partial charge is 0.354 e. The van der Waals surface area contributed by atoms with Crippen LogP contribution < -0.4 is 4.90 Å². The summed E-state index contributed by atoms with van der Waals surface area (Å²) in [6.45, 7) is 7.52. The quantitative estimate of drug-likeness (QED) is 0.795. The maximum atomic E-state index is 4.26. The summed E-state index contributed by atoms with van der Waals surface area (Å²) in [5.41, 5.74) is 0.976. The van der Waals surface area contributed by atoms with Gasteiger partial charge < -0.3 is 9.80 Å². The van der Waals surface area contributed by atoms with Gasteiger partial charge in [0.1, 0.15) is 0 Å². The molecule has 0 N–H and O–H groups in total. The molecule has 1 saturated heterocycles. The van der Waals surface area contributed by atoms with E-state index in [1.54, 1.807) is 0 Å². The molecular weight excluding hydrogens is 280 g/mol. The van der Waals surface area contributed by atoms with Gasteiger partial charge in [-0.2, -0.15) is 5.10 Å². The molecule has 1 aromatic rings. The van der Waals surface area contributed by atoms with Crippen molar-refractivity contribution < 1.29 is 0 Å². The molecule has 0 aromatic carbocycles. The van der Waals surface area contributed by atoms with E-state index >= 15 is 0 Å². The molecule has 4 nitrogen and oxygen atoms in total. The fourth-order valence-corrected chi connectivity index (χ4v) is 2.61. The van der Waals surface area contributed by atoms with Crippen LogP contribution in [0.3, 0.4) is 0 Å². The molecule has 0 saturated carbocycles. The van der Waals surface area contributed by atoms with Crippen LogP contribution in [-0.4, -0.2) is 53.2 Å². The minimum absolute atomic E-state index is 0.976. The monoisotopic (exact) mass is 298 g/mol. The van der Waals surface area contributed by atoms with Crippen LogP contribution >= 0.6 is 15.9 Å². The highest BCUT2D eigenvalue weighted by Gasteiger charge is 2.15. The van der Waals surface area contributed by atoms with E-state index < -0.39 is 0 Å². The molecule has 2 rings (SSSR count). The zero-order chi connectivity index (χ0) is 12.1. The average molecular weight is 299 g/mol. The molecule has 0 unspecified atom stereocenters. The third-order valence-corrected chi connectivity index (χ3v) is 3.45. The molecule has 0 radical (unpaired) electrons. The molecule has 1 aliphatic heterocycles. The lowest BCUT2D eigenvalue weighted by Gasteiger charge is -2.21. The van der Waals surface area contributed by atoms with Crippen molar-refractivity contribution in [3.63, 3.8) is 0 Å². The van der Waals surface area contributed by atoms with Gasteiger partial charge in [-0.25, -0.2) is 0 Å². The van der Waals surface area contributed by atoms with E-state index in [4.69, 9.17) is 0 Å².